The first-order valence-electron chi connectivity index (χ1n) is 6.49. The summed E-state index contributed by atoms with van der Waals surface area (Å²) in [5, 5.41) is 34.0. The Labute approximate surface area is 144 Å². The molecule has 0 unspecified atom stereocenters. The predicted molar refractivity (Wildman–Crippen MR) is 85.1 cm³/mol. The molecule has 0 aliphatic carbocycles. The van der Waals surface area contributed by atoms with Crippen LogP contribution in [0.15, 0.2) is 24.3 Å². The SMILES string of the molecule is Nc1cc(C(=O)O)nc(C(=O)O)c1.Nc1cc(C(=O)O)nc(C(=O)O)c1. The lowest BCUT2D eigenvalue weighted by atomic mass is 10.2. The highest BCUT2D eigenvalue weighted by Gasteiger charge is 2.12. The molecule has 0 fully saturated rings. The maximum absolute atomic E-state index is 10.4. The number of pyridine rings is 2. The molecule has 26 heavy (non-hydrogen) atoms. The van der Waals surface area contributed by atoms with E-state index in [4.69, 9.17) is 31.9 Å². The molecule has 0 bridgehead atoms. The first kappa shape index (κ1) is 19.8. The van der Waals surface area contributed by atoms with Crippen LogP contribution in [0.1, 0.15) is 42.0 Å². The van der Waals surface area contributed by atoms with Crippen molar-refractivity contribution in [1.82, 2.24) is 9.97 Å². The molecule has 0 atom stereocenters. The highest BCUT2D eigenvalue weighted by Crippen LogP contribution is 2.08. The van der Waals surface area contributed by atoms with E-state index in [0.29, 0.717) is 0 Å². The molecule has 0 aliphatic heterocycles. The highest BCUT2D eigenvalue weighted by molar-refractivity contribution is 5.92. The Bertz CT molecular complexity index is 759. The maximum atomic E-state index is 10.4. The van der Waals surface area contributed by atoms with Crippen LogP contribution in [0.3, 0.4) is 0 Å². The van der Waals surface area contributed by atoms with Crippen LogP contribution in [0.25, 0.3) is 0 Å². The van der Waals surface area contributed by atoms with Gasteiger partial charge in [0, 0.05) is 11.4 Å². The third-order valence-electron chi connectivity index (χ3n) is 2.57. The van der Waals surface area contributed by atoms with E-state index in [-0.39, 0.29) is 34.2 Å². The highest BCUT2D eigenvalue weighted by atomic mass is 16.4. The number of aromatic carboxylic acids is 4. The van der Waals surface area contributed by atoms with Gasteiger partial charge in [-0.2, -0.15) is 0 Å². The van der Waals surface area contributed by atoms with E-state index >= 15 is 0 Å². The van der Waals surface area contributed by atoms with E-state index in [9.17, 15) is 19.2 Å². The summed E-state index contributed by atoms with van der Waals surface area (Å²) >= 11 is 0. The van der Waals surface area contributed by atoms with E-state index in [1.165, 1.54) is 0 Å². The number of carboxylic acids is 4. The zero-order valence-electron chi connectivity index (χ0n) is 12.8. The van der Waals surface area contributed by atoms with Crippen molar-refractivity contribution >= 4 is 35.3 Å². The Balaban J connectivity index is 0.000000260. The molecule has 12 nitrogen and oxygen atoms in total. The van der Waals surface area contributed by atoms with Crippen molar-refractivity contribution in [3.63, 3.8) is 0 Å². The molecule has 136 valence electrons. The van der Waals surface area contributed by atoms with Crippen LogP contribution >= 0.6 is 0 Å². The molecule has 2 heterocycles. The first-order valence-corrected chi connectivity index (χ1v) is 6.49. The summed E-state index contributed by atoms with van der Waals surface area (Å²) in [5.74, 6) is -5.24. The van der Waals surface area contributed by atoms with E-state index in [1.807, 2.05) is 0 Å². The van der Waals surface area contributed by atoms with Gasteiger partial charge in [0.25, 0.3) is 0 Å². The number of nitrogen functional groups attached to an aromatic ring is 2. The zero-order valence-corrected chi connectivity index (χ0v) is 12.8. The van der Waals surface area contributed by atoms with Crippen LogP contribution < -0.4 is 11.5 Å². The van der Waals surface area contributed by atoms with Crippen molar-refractivity contribution in [3.8, 4) is 0 Å². The van der Waals surface area contributed by atoms with Gasteiger partial charge in [0.2, 0.25) is 0 Å². The normalized spacial score (nSPS) is 9.54. The third kappa shape index (κ3) is 5.45. The fourth-order valence-corrected chi connectivity index (χ4v) is 1.54. The smallest absolute Gasteiger partial charge is 0.354 e. The molecule has 0 aromatic carbocycles. The average molecular weight is 364 g/mol. The van der Waals surface area contributed by atoms with E-state index in [1.54, 1.807) is 0 Å². The minimum Gasteiger partial charge on any atom is -0.477 e. The average Bonchev–Trinajstić information content (AvgIpc) is 2.54. The van der Waals surface area contributed by atoms with Crippen molar-refractivity contribution in [3.05, 3.63) is 47.0 Å². The van der Waals surface area contributed by atoms with Crippen molar-refractivity contribution < 1.29 is 39.6 Å². The van der Waals surface area contributed by atoms with Gasteiger partial charge in [-0.15, -0.1) is 0 Å². The van der Waals surface area contributed by atoms with Crippen LogP contribution in [-0.4, -0.2) is 54.3 Å². The predicted octanol–water partition coefficient (Wildman–Crippen LogP) is 0.120. The van der Waals surface area contributed by atoms with Crippen LogP contribution in [0.4, 0.5) is 11.4 Å². The number of carbonyl (C=O) groups is 4. The maximum Gasteiger partial charge on any atom is 0.354 e. The van der Waals surface area contributed by atoms with Gasteiger partial charge in [0.1, 0.15) is 0 Å². The summed E-state index contributed by atoms with van der Waals surface area (Å²) in [4.78, 5) is 48.4. The molecule has 0 amide bonds. The van der Waals surface area contributed by atoms with Gasteiger partial charge in [-0.05, 0) is 24.3 Å². The Morgan fingerprint density at radius 3 is 0.923 bits per heavy atom. The molecule has 12 heteroatoms. The Morgan fingerprint density at radius 2 is 0.769 bits per heavy atom. The quantitative estimate of drug-likeness (QED) is 0.425. The van der Waals surface area contributed by atoms with Gasteiger partial charge >= 0.3 is 23.9 Å². The number of nitrogens with two attached hydrogens (primary N) is 2. The van der Waals surface area contributed by atoms with Gasteiger partial charge in [0.05, 0.1) is 0 Å². The zero-order chi connectivity index (χ0) is 20.0. The van der Waals surface area contributed by atoms with Crippen molar-refractivity contribution in [1.29, 1.82) is 0 Å². The first-order chi connectivity index (χ1) is 12.0. The van der Waals surface area contributed by atoms with Gasteiger partial charge < -0.3 is 31.9 Å². The Kier molecular flexibility index (Phi) is 6.14. The topological polar surface area (TPSA) is 227 Å². The van der Waals surface area contributed by atoms with Crippen LogP contribution in [0, 0.1) is 0 Å². The molecule has 0 saturated heterocycles. The minimum absolute atomic E-state index is 0.0600. The monoisotopic (exact) mass is 364 g/mol. The summed E-state index contributed by atoms with van der Waals surface area (Å²) in [6, 6.07) is 4.37. The molecule has 2 aromatic heterocycles. The summed E-state index contributed by atoms with van der Waals surface area (Å²) < 4.78 is 0. The minimum atomic E-state index is -1.31. The Hall–Kier alpha value is -4.22. The molecular formula is C14H12N4O8. The number of hydrogen-bond acceptors (Lipinski definition) is 8. The third-order valence-corrected chi connectivity index (χ3v) is 2.57. The second kappa shape index (κ2) is 8.05. The summed E-state index contributed by atoms with van der Waals surface area (Å²) in [5.41, 5.74) is 9.15. The molecule has 0 aliphatic rings. The molecule has 0 radical (unpaired) electrons. The number of rotatable bonds is 4. The molecule has 0 saturated carbocycles. The van der Waals surface area contributed by atoms with E-state index in [0.717, 1.165) is 24.3 Å². The fourth-order valence-electron chi connectivity index (χ4n) is 1.54. The molecule has 0 spiro atoms. The number of anilines is 2. The summed E-state index contributed by atoms with van der Waals surface area (Å²) in [7, 11) is 0. The summed E-state index contributed by atoms with van der Waals surface area (Å²) in [6.45, 7) is 0. The lowest BCUT2D eigenvalue weighted by Gasteiger charge is -1.98. The lowest BCUT2D eigenvalue weighted by Crippen LogP contribution is -2.08. The van der Waals surface area contributed by atoms with Gasteiger partial charge in [-0.3, -0.25) is 0 Å². The second-order valence-electron chi connectivity index (χ2n) is 4.56. The number of nitrogens with zero attached hydrogens (tertiary/aromatic N) is 2. The number of hydrogen-bond donors (Lipinski definition) is 6. The lowest BCUT2D eigenvalue weighted by molar-refractivity contribution is 0.0664. The van der Waals surface area contributed by atoms with Crippen molar-refractivity contribution in [2.45, 2.75) is 0 Å². The van der Waals surface area contributed by atoms with Gasteiger partial charge in [-0.25, -0.2) is 29.1 Å². The second-order valence-corrected chi connectivity index (χ2v) is 4.56. The van der Waals surface area contributed by atoms with Crippen molar-refractivity contribution in [2.24, 2.45) is 0 Å². The standard InChI is InChI=1S/2C7H6N2O4/c2*8-3-1-4(6(10)11)9-5(2-3)7(12)13/h2*1-2H,(H2,8,9)(H,10,11)(H,12,13). The van der Waals surface area contributed by atoms with E-state index in [2.05, 4.69) is 9.97 Å². The van der Waals surface area contributed by atoms with Gasteiger partial charge in [-0.1, -0.05) is 0 Å². The van der Waals surface area contributed by atoms with Crippen LogP contribution in [-0.2, 0) is 0 Å². The van der Waals surface area contributed by atoms with Crippen LogP contribution in [0.2, 0.25) is 0 Å². The molecule has 2 aromatic rings. The van der Waals surface area contributed by atoms with E-state index < -0.39 is 23.9 Å². The van der Waals surface area contributed by atoms with Gasteiger partial charge in [0.15, 0.2) is 22.8 Å². The number of carboxylic acid groups (broad SMARTS) is 4. The fraction of sp³-hybridized carbons (Fsp3) is 0. The summed E-state index contributed by atoms with van der Waals surface area (Å²) in [6.07, 6.45) is 0. The van der Waals surface area contributed by atoms with Crippen molar-refractivity contribution in [2.75, 3.05) is 11.5 Å². The van der Waals surface area contributed by atoms with Crippen LogP contribution in [0.5, 0.6) is 0 Å². The molecular weight excluding hydrogens is 352 g/mol. The largest absolute Gasteiger partial charge is 0.477 e. The molecule has 8 N–H and O–H groups in total. The number of aromatic nitrogens is 2. The molecule has 2 rings (SSSR count). The Morgan fingerprint density at radius 1 is 0.577 bits per heavy atom.